The zero-order valence-corrected chi connectivity index (χ0v) is 16.9. The van der Waals surface area contributed by atoms with Gasteiger partial charge in [0.1, 0.15) is 10.6 Å². The van der Waals surface area contributed by atoms with E-state index in [4.69, 9.17) is 4.74 Å². The first kappa shape index (κ1) is 18.9. The average molecular weight is 400 g/mol. The van der Waals surface area contributed by atoms with Crippen LogP contribution in [0.4, 0.5) is 0 Å². The Morgan fingerprint density at radius 3 is 2.82 bits per heavy atom. The van der Waals surface area contributed by atoms with Gasteiger partial charge in [-0.05, 0) is 42.9 Å². The second-order valence-corrected chi connectivity index (χ2v) is 8.34. The third-order valence-electron chi connectivity index (χ3n) is 5.87. The van der Waals surface area contributed by atoms with Crippen LogP contribution in [0.15, 0.2) is 36.0 Å². The molecule has 1 aromatic heterocycles. The number of nitrogens with zero attached hydrogens (tertiary/aromatic N) is 3. The molecule has 0 N–H and O–H groups in total. The summed E-state index contributed by atoms with van der Waals surface area (Å²) in [5.41, 5.74) is 2.90. The number of likely N-dealkylation sites (tertiary alicyclic amines) is 2. The van der Waals surface area contributed by atoms with E-state index in [1.807, 2.05) is 17.0 Å². The van der Waals surface area contributed by atoms with E-state index in [9.17, 15) is 9.59 Å². The molecule has 1 aromatic carbocycles. The minimum Gasteiger partial charge on any atom is -0.497 e. The molecule has 7 heteroatoms. The third kappa shape index (κ3) is 3.90. The van der Waals surface area contributed by atoms with Gasteiger partial charge in [-0.1, -0.05) is 12.1 Å². The lowest BCUT2D eigenvalue weighted by molar-refractivity contribution is -0.140. The molecule has 0 bridgehead atoms. The maximum atomic E-state index is 12.6. The van der Waals surface area contributed by atoms with Gasteiger partial charge in [-0.3, -0.25) is 14.6 Å². The Bertz CT molecular complexity index is 822. The number of benzene rings is 1. The molecular weight excluding hydrogens is 374 g/mol. The van der Waals surface area contributed by atoms with Crippen molar-refractivity contribution in [2.75, 3.05) is 26.7 Å². The van der Waals surface area contributed by atoms with Gasteiger partial charge in [0.05, 0.1) is 18.8 Å². The standard InChI is InChI=1S/C21H25N3O3S/c1-27-17-5-2-15(3-6-17)8-11-24-18-9-10-23(13-16(18)4-7-20(24)25)21(26)19-12-22-14-28-19/h2-3,5-6,12,14,16,18H,4,7-11,13H2,1H3/t16-,18+/m1/s1. The van der Waals surface area contributed by atoms with Gasteiger partial charge in [0.25, 0.3) is 5.91 Å². The molecule has 3 heterocycles. The smallest absolute Gasteiger partial charge is 0.265 e. The lowest BCUT2D eigenvalue weighted by Gasteiger charge is -2.47. The highest BCUT2D eigenvalue weighted by Gasteiger charge is 2.40. The number of ether oxygens (including phenoxy) is 1. The van der Waals surface area contributed by atoms with Gasteiger partial charge in [-0.25, -0.2) is 0 Å². The summed E-state index contributed by atoms with van der Waals surface area (Å²) in [6.45, 7) is 2.16. The van der Waals surface area contributed by atoms with Gasteiger partial charge in [-0.15, -0.1) is 11.3 Å². The van der Waals surface area contributed by atoms with Crippen LogP contribution in [0.5, 0.6) is 5.75 Å². The van der Waals surface area contributed by atoms with Crippen molar-refractivity contribution in [2.45, 2.75) is 31.7 Å². The monoisotopic (exact) mass is 399 g/mol. The number of fused-ring (bicyclic) bond motifs is 1. The van der Waals surface area contributed by atoms with Crippen LogP contribution in [0.3, 0.4) is 0 Å². The number of hydrogen-bond donors (Lipinski definition) is 0. The highest BCUT2D eigenvalue weighted by atomic mass is 32.1. The topological polar surface area (TPSA) is 62.7 Å². The maximum absolute atomic E-state index is 12.6. The molecule has 0 aliphatic carbocycles. The molecule has 2 fully saturated rings. The highest BCUT2D eigenvalue weighted by molar-refractivity contribution is 7.11. The van der Waals surface area contributed by atoms with E-state index in [0.29, 0.717) is 23.8 Å². The lowest BCUT2D eigenvalue weighted by atomic mass is 9.83. The van der Waals surface area contributed by atoms with Crippen molar-refractivity contribution in [3.63, 3.8) is 0 Å². The Morgan fingerprint density at radius 1 is 1.29 bits per heavy atom. The van der Waals surface area contributed by atoms with E-state index in [1.165, 1.54) is 16.9 Å². The highest BCUT2D eigenvalue weighted by Crippen LogP contribution is 2.32. The molecule has 4 rings (SSSR count). The normalized spacial score (nSPS) is 22.1. The van der Waals surface area contributed by atoms with Crippen molar-refractivity contribution in [1.29, 1.82) is 0 Å². The van der Waals surface area contributed by atoms with Gasteiger partial charge in [0.15, 0.2) is 0 Å². The molecule has 0 saturated carbocycles. The van der Waals surface area contributed by atoms with Gasteiger partial charge in [-0.2, -0.15) is 0 Å². The van der Waals surface area contributed by atoms with Crippen LogP contribution in [-0.4, -0.2) is 59.4 Å². The summed E-state index contributed by atoms with van der Waals surface area (Å²) in [5.74, 6) is 1.52. The quantitative estimate of drug-likeness (QED) is 0.776. The van der Waals surface area contributed by atoms with E-state index >= 15 is 0 Å². The van der Waals surface area contributed by atoms with Crippen molar-refractivity contribution in [2.24, 2.45) is 5.92 Å². The molecule has 2 atom stereocenters. The molecule has 2 aromatic rings. The van der Waals surface area contributed by atoms with Gasteiger partial charge >= 0.3 is 0 Å². The molecule has 28 heavy (non-hydrogen) atoms. The summed E-state index contributed by atoms with van der Waals surface area (Å²) in [6.07, 6.45) is 4.78. The summed E-state index contributed by atoms with van der Waals surface area (Å²) >= 11 is 1.39. The predicted molar refractivity (Wildman–Crippen MR) is 108 cm³/mol. The molecular formula is C21H25N3O3S. The molecule has 2 amide bonds. The molecule has 2 aliphatic heterocycles. The molecule has 0 spiro atoms. The van der Waals surface area contributed by atoms with Crippen LogP contribution in [0, 0.1) is 5.92 Å². The lowest BCUT2D eigenvalue weighted by Crippen LogP contribution is -2.57. The number of piperidine rings is 2. The van der Waals surface area contributed by atoms with Crippen molar-refractivity contribution in [3.05, 3.63) is 46.4 Å². The number of carbonyl (C=O) groups excluding carboxylic acids is 2. The minimum atomic E-state index is 0.0719. The third-order valence-corrected chi connectivity index (χ3v) is 6.64. The van der Waals surface area contributed by atoms with Crippen molar-refractivity contribution in [1.82, 2.24) is 14.8 Å². The first-order chi connectivity index (χ1) is 13.7. The van der Waals surface area contributed by atoms with Crippen LogP contribution in [-0.2, 0) is 11.2 Å². The van der Waals surface area contributed by atoms with Crippen LogP contribution in [0.2, 0.25) is 0 Å². The number of aromatic nitrogens is 1. The van der Waals surface area contributed by atoms with Crippen molar-refractivity contribution < 1.29 is 14.3 Å². The Hall–Kier alpha value is -2.41. The summed E-state index contributed by atoms with van der Waals surface area (Å²) in [4.78, 5) is 34.0. The first-order valence-corrected chi connectivity index (χ1v) is 10.6. The van der Waals surface area contributed by atoms with E-state index in [2.05, 4.69) is 22.0 Å². The Labute approximate surface area is 169 Å². The zero-order valence-electron chi connectivity index (χ0n) is 16.0. The summed E-state index contributed by atoms with van der Waals surface area (Å²) < 4.78 is 5.21. The second-order valence-electron chi connectivity index (χ2n) is 7.46. The molecule has 148 valence electrons. The second kappa shape index (κ2) is 8.31. The maximum Gasteiger partial charge on any atom is 0.265 e. The molecule has 2 aliphatic rings. The van der Waals surface area contributed by atoms with Crippen molar-refractivity contribution >= 4 is 23.2 Å². The number of thiazole rings is 1. The largest absolute Gasteiger partial charge is 0.497 e. The number of carbonyl (C=O) groups is 2. The Kier molecular flexibility index (Phi) is 5.62. The van der Waals surface area contributed by atoms with E-state index < -0.39 is 0 Å². The first-order valence-electron chi connectivity index (χ1n) is 9.76. The van der Waals surface area contributed by atoms with Crippen LogP contribution >= 0.6 is 11.3 Å². The Balaban J connectivity index is 1.39. The van der Waals surface area contributed by atoms with E-state index in [1.54, 1.807) is 18.8 Å². The fourth-order valence-electron chi connectivity index (χ4n) is 4.35. The number of rotatable bonds is 5. The average Bonchev–Trinajstić information content (AvgIpc) is 3.27. The van der Waals surface area contributed by atoms with Crippen LogP contribution < -0.4 is 4.74 Å². The summed E-state index contributed by atoms with van der Waals surface area (Å²) in [7, 11) is 1.66. The van der Waals surface area contributed by atoms with Gasteiger partial charge < -0.3 is 14.5 Å². The molecule has 0 unspecified atom stereocenters. The molecule has 0 radical (unpaired) electrons. The van der Waals surface area contributed by atoms with Gasteiger partial charge in [0, 0.05) is 32.1 Å². The fourth-order valence-corrected chi connectivity index (χ4v) is 4.93. The summed E-state index contributed by atoms with van der Waals surface area (Å²) in [5, 5.41) is 0. The minimum absolute atomic E-state index is 0.0719. The SMILES string of the molecule is COc1ccc(CCN2C(=O)CC[C@@H]3CN(C(=O)c4cncs4)CC[C@@H]32)cc1. The van der Waals surface area contributed by atoms with E-state index in [0.717, 1.165) is 38.1 Å². The number of hydrogen-bond acceptors (Lipinski definition) is 5. The molecule has 6 nitrogen and oxygen atoms in total. The zero-order chi connectivity index (χ0) is 19.5. The van der Waals surface area contributed by atoms with E-state index in [-0.39, 0.29) is 17.9 Å². The Morgan fingerprint density at radius 2 is 2.11 bits per heavy atom. The van der Waals surface area contributed by atoms with Crippen LogP contribution in [0.25, 0.3) is 0 Å². The van der Waals surface area contributed by atoms with Crippen molar-refractivity contribution in [3.8, 4) is 5.75 Å². The number of amides is 2. The van der Waals surface area contributed by atoms with Gasteiger partial charge in [0.2, 0.25) is 5.91 Å². The van der Waals surface area contributed by atoms with Crippen LogP contribution in [0.1, 0.15) is 34.5 Å². The fraction of sp³-hybridized carbons (Fsp3) is 0.476. The number of methoxy groups -OCH3 is 1. The summed E-state index contributed by atoms with van der Waals surface area (Å²) in [6, 6.07) is 8.27. The predicted octanol–water partition coefficient (Wildman–Crippen LogP) is 2.85. The molecule has 2 saturated heterocycles.